The van der Waals surface area contributed by atoms with Gasteiger partial charge >= 0.3 is 5.69 Å². The second-order valence-corrected chi connectivity index (χ2v) is 4.54. The van der Waals surface area contributed by atoms with E-state index >= 15 is 0 Å². The molecule has 21 heavy (non-hydrogen) atoms. The Morgan fingerprint density at radius 2 is 1.90 bits per heavy atom. The largest absolute Gasteiger partial charge is 0.475 e. The first-order valence-corrected chi connectivity index (χ1v) is 6.16. The molecule has 116 valence electrons. The van der Waals surface area contributed by atoms with E-state index in [0.717, 1.165) is 0 Å². The number of aliphatic hydroxyl groups is 4. The number of ether oxygens (including phenoxy) is 2. The van der Waals surface area contributed by atoms with Crippen molar-refractivity contribution in [2.75, 3.05) is 6.61 Å². The molecule has 1 unspecified atom stereocenters. The lowest BCUT2D eigenvalue weighted by molar-refractivity contribution is -0.386. The number of hydrogen-bond acceptors (Lipinski definition) is 8. The minimum Gasteiger partial charge on any atom is -0.475 e. The Hall–Kier alpha value is -1.78. The van der Waals surface area contributed by atoms with E-state index in [-0.39, 0.29) is 11.4 Å². The molecule has 0 spiro atoms. The number of aliphatic hydroxyl groups excluding tert-OH is 4. The van der Waals surface area contributed by atoms with Crippen LogP contribution in [0.1, 0.15) is 0 Å². The molecule has 0 saturated carbocycles. The summed E-state index contributed by atoms with van der Waals surface area (Å²) in [5.41, 5.74) is -0.351. The predicted molar refractivity (Wildman–Crippen MR) is 67.5 cm³/mol. The zero-order chi connectivity index (χ0) is 15.6. The molecule has 1 heterocycles. The van der Waals surface area contributed by atoms with Gasteiger partial charge in [0.25, 0.3) is 0 Å². The molecule has 9 heteroatoms. The second-order valence-electron chi connectivity index (χ2n) is 4.54. The molecule has 1 fully saturated rings. The van der Waals surface area contributed by atoms with Crippen LogP contribution in [0.15, 0.2) is 24.3 Å². The van der Waals surface area contributed by atoms with Crippen LogP contribution in [-0.2, 0) is 4.74 Å². The third kappa shape index (κ3) is 3.12. The van der Waals surface area contributed by atoms with Gasteiger partial charge < -0.3 is 29.9 Å². The topological polar surface area (TPSA) is 143 Å². The Balaban J connectivity index is 2.21. The van der Waals surface area contributed by atoms with Crippen molar-refractivity contribution >= 4 is 5.69 Å². The van der Waals surface area contributed by atoms with E-state index in [0.29, 0.717) is 0 Å². The summed E-state index contributed by atoms with van der Waals surface area (Å²) in [7, 11) is 0. The SMILES string of the molecule is O=[N+]([O-])c1ccccc1O[C@H]1C(O)O[C@H](CO)[C@@H](O)[C@@H]1O. The fourth-order valence-corrected chi connectivity index (χ4v) is 2.05. The quantitative estimate of drug-likeness (QED) is 0.400. The maximum Gasteiger partial charge on any atom is 0.310 e. The Kier molecular flexibility index (Phi) is 4.70. The van der Waals surface area contributed by atoms with Crippen LogP contribution in [0.4, 0.5) is 5.69 Å². The highest BCUT2D eigenvalue weighted by atomic mass is 16.7. The first-order valence-electron chi connectivity index (χ1n) is 6.16. The first kappa shape index (κ1) is 15.6. The molecule has 1 aliphatic heterocycles. The van der Waals surface area contributed by atoms with Crippen molar-refractivity contribution in [3.63, 3.8) is 0 Å². The highest BCUT2D eigenvalue weighted by molar-refractivity contribution is 5.45. The van der Waals surface area contributed by atoms with E-state index in [1.165, 1.54) is 24.3 Å². The van der Waals surface area contributed by atoms with Crippen molar-refractivity contribution in [1.29, 1.82) is 0 Å². The van der Waals surface area contributed by atoms with Gasteiger partial charge in [0.1, 0.15) is 18.3 Å². The average molecular weight is 301 g/mol. The van der Waals surface area contributed by atoms with Crippen molar-refractivity contribution in [3.8, 4) is 5.75 Å². The Morgan fingerprint density at radius 1 is 1.24 bits per heavy atom. The molecule has 9 nitrogen and oxygen atoms in total. The maximum absolute atomic E-state index is 10.9. The van der Waals surface area contributed by atoms with Gasteiger partial charge in [-0.05, 0) is 6.07 Å². The van der Waals surface area contributed by atoms with E-state index in [4.69, 9.17) is 14.6 Å². The predicted octanol–water partition coefficient (Wildman–Crippen LogP) is -1.23. The highest BCUT2D eigenvalue weighted by Crippen LogP contribution is 2.30. The van der Waals surface area contributed by atoms with Crippen LogP contribution in [0.5, 0.6) is 5.75 Å². The molecule has 0 aliphatic carbocycles. The number of nitrogens with zero attached hydrogens (tertiary/aromatic N) is 1. The van der Waals surface area contributed by atoms with Crippen molar-refractivity contribution in [1.82, 2.24) is 0 Å². The molecule has 1 aromatic carbocycles. The lowest BCUT2D eigenvalue weighted by Crippen LogP contribution is -2.60. The molecule has 0 bridgehead atoms. The molecule has 0 radical (unpaired) electrons. The molecule has 1 aliphatic rings. The van der Waals surface area contributed by atoms with Gasteiger partial charge in [0, 0.05) is 6.07 Å². The number of benzene rings is 1. The summed E-state index contributed by atoms with van der Waals surface area (Å²) in [6.45, 7) is -0.604. The normalized spacial score (nSPS) is 32.7. The molecule has 1 aromatic rings. The Labute approximate surface area is 119 Å². The third-order valence-electron chi connectivity index (χ3n) is 3.17. The van der Waals surface area contributed by atoms with Crippen LogP contribution >= 0.6 is 0 Å². The lowest BCUT2D eigenvalue weighted by Gasteiger charge is -2.39. The van der Waals surface area contributed by atoms with E-state index in [9.17, 15) is 25.4 Å². The van der Waals surface area contributed by atoms with E-state index in [1.54, 1.807) is 0 Å². The summed E-state index contributed by atoms with van der Waals surface area (Å²) >= 11 is 0. The molecule has 0 aromatic heterocycles. The summed E-state index contributed by atoms with van der Waals surface area (Å²) in [4.78, 5) is 10.2. The van der Waals surface area contributed by atoms with Gasteiger partial charge in [-0.3, -0.25) is 10.1 Å². The van der Waals surface area contributed by atoms with Gasteiger partial charge in [-0.2, -0.15) is 0 Å². The van der Waals surface area contributed by atoms with E-state index in [2.05, 4.69) is 0 Å². The van der Waals surface area contributed by atoms with Gasteiger partial charge in [0.2, 0.25) is 0 Å². The fourth-order valence-electron chi connectivity index (χ4n) is 2.05. The highest BCUT2D eigenvalue weighted by Gasteiger charge is 2.45. The number of para-hydroxylation sites is 2. The number of hydrogen-bond donors (Lipinski definition) is 4. The first-order chi connectivity index (χ1) is 9.95. The number of rotatable bonds is 4. The van der Waals surface area contributed by atoms with Crippen LogP contribution < -0.4 is 4.74 Å². The third-order valence-corrected chi connectivity index (χ3v) is 3.17. The van der Waals surface area contributed by atoms with Crippen LogP contribution in [0, 0.1) is 10.1 Å². The van der Waals surface area contributed by atoms with Gasteiger partial charge in [-0.1, -0.05) is 12.1 Å². The second kappa shape index (κ2) is 6.33. The molecular formula is C12H15NO8. The van der Waals surface area contributed by atoms with Crippen LogP contribution in [0.3, 0.4) is 0 Å². The van der Waals surface area contributed by atoms with Crippen molar-refractivity contribution in [3.05, 3.63) is 34.4 Å². The Morgan fingerprint density at radius 3 is 2.52 bits per heavy atom. The van der Waals surface area contributed by atoms with E-state index in [1.807, 2.05) is 0 Å². The summed E-state index contributed by atoms with van der Waals surface area (Å²) in [6, 6.07) is 5.41. The van der Waals surface area contributed by atoms with Gasteiger partial charge in [0.15, 0.2) is 18.1 Å². The monoisotopic (exact) mass is 301 g/mol. The van der Waals surface area contributed by atoms with Crippen LogP contribution in [-0.4, -0.2) is 62.7 Å². The van der Waals surface area contributed by atoms with E-state index < -0.39 is 42.2 Å². The standard InChI is InChI=1S/C12H15NO8/c14-5-8-9(15)10(16)11(12(17)21-8)20-7-4-2-1-3-6(7)13(18)19/h1-4,8-12,14-17H,5H2/t8-,9-,10+,11-,12?/m1/s1. The molecule has 2 rings (SSSR count). The zero-order valence-corrected chi connectivity index (χ0v) is 10.8. The summed E-state index contributed by atoms with van der Waals surface area (Å²) < 4.78 is 10.1. The minimum atomic E-state index is -1.65. The van der Waals surface area contributed by atoms with Gasteiger partial charge in [-0.25, -0.2) is 0 Å². The van der Waals surface area contributed by atoms with Crippen molar-refractivity contribution in [2.45, 2.75) is 30.7 Å². The molecular weight excluding hydrogens is 286 g/mol. The fraction of sp³-hybridized carbons (Fsp3) is 0.500. The molecule has 1 saturated heterocycles. The zero-order valence-electron chi connectivity index (χ0n) is 10.8. The smallest absolute Gasteiger partial charge is 0.310 e. The molecule has 0 amide bonds. The number of nitro groups is 1. The molecule has 5 atom stereocenters. The van der Waals surface area contributed by atoms with Gasteiger partial charge in [0.05, 0.1) is 11.5 Å². The average Bonchev–Trinajstić information content (AvgIpc) is 2.47. The Bertz CT molecular complexity index is 510. The van der Waals surface area contributed by atoms with Crippen molar-refractivity contribution in [2.24, 2.45) is 0 Å². The van der Waals surface area contributed by atoms with Crippen LogP contribution in [0.25, 0.3) is 0 Å². The summed E-state index contributed by atoms with van der Waals surface area (Å²) in [5.74, 6) is -0.177. The van der Waals surface area contributed by atoms with Gasteiger partial charge in [-0.15, -0.1) is 0 Å². The summed E-state index contributed by atoms with van der Waals surface area (Å²) in [6.07, 6.45) is -7.32. The lowest BCUT2D eigenvalue weighted by atomic mass is 9.99. The minimum absolute atomic E-state index is 0.177. The van der Waals surface area contributed by atoms with Crippen molar-refractivity contribution < 1.29 is 34.8 Å². The maximum atomic E-state index is 10.9. The van der Waals surface area contributed by atoms with Crippen LogP contribution in [0.2, 0.25) is 0 Å². The number of nitro benzene ring substituents is 1. The summed E-state index contributed by atoms with van der Waals surface area (Å²) in [5, 5.41) is 49.2. The molecule has 4 N–H and O–H groups in total.